The SMILES string of the molecule is COc1cc([C@@H]2c3cc4c(cc3[C@@H](O[C@@H]3O[C@@H]5CO[C@@H](C)O[C@H]5[C@H](O)[C@H]3O)[C@H]3COC(=O)[C@H]23)OCO4)cc(OC)c1OC(=O)C(N)CC(=O)O[C@@H]1CC(C)=C(/C=C/C=C/C2=C(C)C[C@@H](O)CC2(C)C)C(C)(C)C1. The molecule has 73 heavy (non-hydrogen) atoms. The summed E-state index contributed by atoms with van der Waals surface area (Å²) >= 11 is 0. The van der Waals surface area contributed by atoms with E-state index in [0.29, 0.717) is 47.5 Å². The van der Waals surface area contributed by atoms with Gasteiger partial charge in [-0.2, -0.15) is 0 Å². The standard InChI is InChI=1S/C55H69NO17/c1-26-14-30(57)21-54(4,5)35(26)12-10-11-13-36-27(2)15-31(22-55(36,6)7)70-43(58)20-37(56)51(61)72-49-40(63-8)16-29(17-41(49)64-9)44-32-18-38-39(68-25-67-38)19-33(32)48(34-23-66-52(62)45(34)44)73-53-47(60)46(59)50-42(71-53)24-65-28(3)69-50/h10-13,16-19,28,30-31,34,37,42,44-48,50,53,57,59-60H,14-15,20-25,56H2,1-9H3/b12-10+,13-11+/t28-,30-,31-,34+,37?,42-,44-,45+,46-,47-,48-,50-,53+/m1/s1. The van der Waals surface area contributed by atoms with E-state index in [2.05, 4.69) is 46.8 Å². The maximum atomic E-state index is 13.9. The fraction of sp³-hybridized carbons (Fsp3) is 0.582. The van der Waals surface area contributed by atoms with Crippen LogP contribution in [0.15, 0.2) is 70.9 Å². The van der Waals surface area contributed by atoms with Crippen LogP contribution in [-0.4, -0.2) is 123 Å². The summed E-state index contributed by atoms with van der Waals surface area (Å²) in [5.74, 6) is -3.39. The van der Waals surface area contributed by atoms with Crippen molar-refractivity contribution >= 4 is 17.9 Å². The second-order valence-electron chi connectivity index (χ2n) is 21.7. The first kappa shape index (κ1) is 52.5. The highest BCUT2D eigenvalue weighted by Gasteiger charge is 2.56. The quantitative estimate of drug-likeness (QED) is 0.104. The van der Waals surface area contributed by atoms with Crippen molar-refractivity contribution in [2.45, 2.75) is 148 Å². The molecule has 4 heterocycles. The normalized spacial score (nSPS) is 32.7. The van der Waals surface area contributed by atoms with Crippen molar-refractivity contribution in [2.75, 3.05) is 34.2 Å². The van der Waals surface area contributed by atoms with Crippen LogP contribution in [0, 0.1) is 22.7 Å². The highest BCUT2D eigenvalue weighted by molar-refractivity contribution is 5.85. The number of esters is 3. The molecule has 3 aliphatic carbocycles. The summed E-state index contributed by atoms with van der Waals surface area (Å²) in [6.07, 6.45) is 2.30. The predicted octanol–water partition coefficient (Wildman–Crippen LogP) is 5.91. The number of nitrogens with two attached hydrogens (primary N) is 1. The van der Waals surface area contributed by atoms with Crippen LogP contribution in [0.4, 0.5) is 0 Å². The van der Waals surface area contributed by atoms with Crippen molar-refractivity contribution in [3.63, 3.8) is 0 Å². The minimum Gasteiger partial charge on any atom is -0.493 e. The Balaban J connectivity index is 0.899. The van der Waals surface area contributed by atoms with Gasteiger partial charge in [-0.1, -0.05) is 63.1 Å². The van der Waals surface area contributed by atoms with E-state index in [1.807, 2.05) is 19.1 Å². The number of hydrogen-bond donors (Lipinski definition) is 4. The van der Waals surface area contributed by atoms with Gasteiger partial charge < -0.3 is 73.2 Å². The smallest absolute Gasteiger partial charge is 0.329 e. The molecule has 18 heteroatoms. The van der Waals surface area contributed by atoms with Crippen molar-refractivity contribution in [3.8, 4) is 28.7 Å². The first-order valence-corrected chi connectivity index (χ1v) is 25.1. The van der Waals surface area contributed by atoms with Gasteiger partial charge in [0.1, 0.15) is 36.6 Å². The van der Waals surface area contributed by atoms with Crippen LogP contribution < -0.4 is 29.4 Å². The van der Waals surface area contributed by atoms with E-state index in [4.69, 9.17) is 57.8 Å². The van der Waals surface area contributed by atoms with Gasteiger partial charge in [0.25, 0.3) is 0 Å². The molecular weight excluding hydrogens is 947 g/mol. The van der Waals surface area contributed by atoms with Gasteiger partial charge >= 0.3 is 17.9 Å². The van der Waals surface area contributed by atoms with E-state index in [0.717, 1.165) is 17.6 Å². The van der Waals surface area contributed by atoms with Crippen molar-refractivity contribution in [2.24, 2.45) is 28.4 Å². The predicted molar refractivity (Wildman–Crippen MR) is 261 cm³/mol. The lowest BCUT2D eigenvalue weighted by atomic mass is 9.66. The lowest BCUT2D eigenvalue weighted by Crippen LogP contribution is -2.63. The van der Waals surface area contributed by atoms with Gasteiger partial charge in [0.05, 0.1) is 52.0 Å². The first-order chi connectivity index (χ1) is 34.7. The third-order valence-corrected chi connectivity index (χ3v) is 15.5. The Labute approximate surface area is 425 Å². The second kappa shape index (κ2) is 20.8. The fourth-order valence-electron chi connectivity index (χ4n) is 12.2. The highest BCUT2D eigenvalue weighted by Crippen LogP contribution is 2.57. The molecule has 1 unspecified atom stereocenters. The molecule has 2 aromatic rings. The summed E-state index contributed by atoms with van der Waals surface area (Å²) in [7, 11) is 2.77. The topological polar surface area (TPSA) is 239 Å². The Morgan fingerprint density at radius 3 is 2.10 bits per heavy atom. The fourth-order valence-corrected chi connectivity index (χ4v) is 12.2. The van der Waals surface area contributed by atoms with Crippen LogP contribution >= 0.6 is 0 Å². The maximum Gasteiger partial charge on any atom is 0.329 e. The zero-order chi connectivity index (χ0) is 52.3. The molecule has 3 saturated heterocycles. The van der Waals surface area contributed by atoms with Crippen molar-refractivity contribution in [3.05, 3.63) is 87.6 Å². The minimum absolute atomic E-state index is 0.0395. The van der Waals surface area contributed by atoms with Crippen molar-refractivity contribution < 1.29 is 81.8 Å². The maximum absolute atomic E-state index is 13.9. The average molecular weight is 1020 g/mol. The molecule has 5 N–H and O–H groups in total. The van der Waals surface area contributed by atoms with Gasteiger partial charge in [0.15, 0.2) is 35.6 Å². The summed E-state index contributed by atoms with van der Waals surface area (Å²) in [6.45, 7) is 14.4. The van der Waals surface area contributed by atoms with E-state index in [-0.39, 0.29) is 54.2 Å². The Bertz CT molecular complexity index is 2570. The molecule has 13 atom stereocenters. The summed E-state index contributed by atoms with van der Waals surface area (Å²) in [4.78, 5) is 41.0. The van der Waals surface area contributed by atoms with Gasteiger partial charge in [-0.3, -0.25) is 9.59 Å². The van der Waals surface area contributed by atoms with Crippen LogP contribution in [-0.2, 0) is 42.8 Å². The number of ether oxygens (including phenoxy) is 11. The lowest BCUT2D eigenvalue weighted by molar-refractivity contribution is -0.364. The van der Waals surface area contributed by atoms with Crippen LogP contribution in [0.5, 0.6) is 28.7 Å². The molecule has 18 nitrogen and oxygen atoms in total. The monoisotopic (exact) mass is 1020 g/mol. The van der Waals surface area contributed by atoms with Crippen LogP contribution in [0.2, 0.25) is 0 Å². The summed E-state index contributed by atoms with van der Waals surface area (Å²) in [6, 6.07) is 5.39. The van der Waals surface area contributed by atoms with E-state index in [1.54, 1.807) is 31.2 Å². The Morgan fingerprint density at radius 1 is 0.836 bits per heavy atom. The Hall–Kier alpha value is -5.31. The molecule has 0 amide bonds. The zero-order valence-electron chi connectivity index (χ0n) is 42.9. The van der Waals surface area contributed by atoms with Crippen LogP contribution in [0.25, 0.3) is 0 Å². The number of aliphatic hydroxyl groups excluding tert-OH is 3. The number of carbonyl (C=O) groups is 3. The number of hydrogen-bond acceptors (Lipinski definition) is 18. The van der Waals surface area contributed by atoms with E-state index >= 15 is 0 Å². The molecule has 0 radical (unpaired) electrons. The molecule has 9 rings (SSSR count). The van der Waals surface area contributed by atoms with E-state index < -0.39 is 97.3 Å². The molecule has 4 aliphatic heterocycles. The number of benzene rings is 2. The van der Waals surface area contributed by atoms with Crippen LogP contribution in [0.3, 0.4) is 0 Å². The Kier molecular flexibility index (Phi) is 15.0. The third-order valence-electron chi connectivity index (χ3n) is 15.5. The number of methoxy groups -OCH3 is 2. The van der Waals surface area contributed by atoms with Gasteiger partial charge in [0.2, 0.25) is 12.5 Å². The van der Waals surface area contributed by atoms with E-state index in [9.17, 15) is 29.7 Å². The summed E-state index contributed by atoms with van der Waals surface area (Å²) in [5.41, 5.74) is 12.3. The molecule has 396 valence electrons. The lowest BCUT2D eigenvalue weighted by Gasteiger charge is -2.47. The molecular formula is C55H69NO17. The number of fused-ring (bicyclic) bond motifs is 4. The molecule has 0 spiro atoms. The summed E-state index contributed by atoms with van der Waals surface area (Å²) < 4.78 is 64.8. The molecule has 0 aromatic heterocycles. The zero-order valence-corrected chi connectivity index (χ0v) is 42.9. The highest BCUT2D eigenvalue weighted by atomic mass is 16.8. The van der Waals surface area contributed by atoms with Gasteiger partial charge in [0, 0.05) is 18.3 Å². The summed E-state index contributed by atoms with van der Waals surface area (Å²) in [5, 5.41) is 32.7. The molecule has 0 bridgehead atoms. The number of allylic oxidation sites excluding steroid dienone is 6. The van der Waals surface area contributed by atoms with Gasteiger partial charge in [-0.25, -0.2) is 4.79 Å². The minimum atomic E-state index is -1.51. The first-order valence-electron chi connectivity index (χ1n) is 25.1. The van der Waals surface area contributed by atoms with Gasteiger partial charge in [-0.15, -0.1) is 0 Å². The van der Waals surface area contributed by atoms with E-state index in [1.165, 1.54) is 25.4 Å². The largest absolute Gasteiger partial charge is 0.493 e. The van der Waals surface area contributed by atoms with Gasteiger partial charge in [-0.05, 0) is 103 Å². The molecule has 3 fully saturated rings. The third kappa shape index (κ3) is 10.4. The second-order valence-corrected chi connectivity index (χ2v) is 21.7. The number of cyclic esters (lactones) is 1. The Morgan fingerprint density at radius 2 is 1.47 bits per heavy atom. The average Bonchev–Trinajstić information content (AvgIpc) is 3.95. The van der Waals surface area contributed by atoms with Crippen LogP contribution in [0.1, 0.15) is 109 Å². The molecule has 0 saturated carbocycles. The number of rotatable bonds is 13. The number of carbonyl (C=O) groups excluding carboxylic acids is 3. The molecule has 2 aromatic carbocycles. The molecule has 7 aliphatic rings. The van der Waals surface area contributed by atoms with Crippen molar-refractivity contribution in [1.29, 1.82) is 0 Å². The number of aliphatic hydroxyl groups is 3. The van der Waals surface area contributed by atoms with Crippen molar-refractivity contribution in [1.82, 2.24) is 0 Å².